The second-order valence-corrected chi connectivity index (χ2v) is 4.80. The molecule has 92 valence electrons. The van der Waals surface area contributed by atoms with Gasteiger partial charge in [-0.2, -0.15) is 0 Å². The highest BCUT2D eigenvalue weighted by atomic mass is 14.1. The highest BCUT2D eigenvalue weighted by molar-refractivity contribution is 5.72. The van der Waals surface area contributed by atoms with E-state index in [-0.39, 0.29) is 0 Å². The summed E-state index contributed by atoms with van der Waals surface area (Å²) in [5.74, 6) is 0. The average Bonchev–Trinajstić information content (AvgIpc) is 2.29. The van der Waals surface area contributed by atoms with Gasteiger partial charge in [-0.25, -0.2) is 0 Å². The summed E-state index contributed by atoms with van der Waals surface area (Å²) in [6, 6.07) is 8.59. The van der Waals surface area contributed by atoms with Crippen LogP contribution in [0, 0.1) is 6.92 Å². The van der Waals surface area contributed by atoms with E-state index in [4.69, 9.17) is 0 Å². The third kappa shape index (κ3) is 3.59. The third-order valence-electron chi connectivity index (χ3n) is 3.30. The van der Waals surface area contributed by atoms with E-state index in [1.54, 1.807) is 0 Å². The summed E-state index contributed by atoms with van der Waals surface area (Å²) in [5, 5.41) is 0. The van der Waals surface area contributed by atoms with Crippen LogP contribution in [0.2, 0.25) is 0 Å². The van der Waals surface area contributed by atoms with Crippen LogP contribution in [-0.2, 0) is 0 Å². The number of hydrogen-bond donors (Lipinski definition) is 0. The highest BCUT2D eigenvalue weighted by Crippen LogP contribution is 2.28. The number of benzene rings is 1. The molecule has 0 spiro atoms. The summed E-state index contributed by atoms with van der Waals surface area (Å²) in [6.45, 7) is 12.9. The summed E-state index contributed by atoms with van der Waals surface area (Å²) in [7, 11) is 0. The van der Waals surface area contributed by atoms with Gasteiger partial charge in [0.25, 0.3) is 0 Å². The van der Waals surface area contributed by atoms with Crippen LogP contribution in [0.5, 0.6) is 0 Å². The number of hydrogen-bond acceptors (Lipinski definition) is 0. The molecule has 0 nitrogen and oxygen atoms in total. The molecule has 0 aliphatic carbocycles. The van der Waals surface area contributed by atoms with Crippen LogP contribution < -0.4 is 0 Å². The monoisotopic (exact) mass is 228 g/mol. The summed E-state index contributed by atoms with van der Waals surface area (Å²) in [5.41, 5.74) is 6.74. The van der Waals surface area contributed by atoms with Crippen molar-refractivity contribution in [2.75, 3.05) is 0 Å². The largest absolute Gasteiger partial charge is 0.0958 e. The molecule has 1 rings (SSSR count). The van der Waals surface area contributed by atoms with Crippen LogP contribution in [0.3, 0.4) is 0 Å². The van der Waals surface area contributed by atoms with E-state index in [9.17, 15) is 0 Å². The molecule has 0 aliphatic rings. The lowest BCUT2D eigenvalue weighted by Crippen LogP contribution is -1.93. The van der Waals surface area contributed by atoms with Gasteiger partial charge in [0.2, 0.25) is 0 Å². The molecule has 0 heterocycles. The minimum atomic E-state index is 1.14. The maximum Gasteiger partial charge on any atom is -0.0195 e. The number of rotatable bonds is 5. The van der Waals surface area contributed by atoms with Gasteiger partial charge in [0, 0.05) is 0 Å². The first-order chi connectivity index (χ1) is 8.07. The fourth-order valence-electron chi connectivity index (χ4n) is 2.23. The van der Waals surface area contributed by atoms with E-state index in [2.05, 4.69) is 58.5 Å². The Balaban J connectivity index is 3.15. The molecule has 0 radical (unpaired) electrons. The van der Waals surface area contributed by atoms with Crippen LogP contribution in [0.15, 0.2) is 42.0 Å². The van der Waals surface area contributed by atoms with Crippen molar-refractivity contribution in [2.45, 2.75) is 47.0 Å². The third-order valence-corrected chi connectivity index (χ3v) is 3.30. The van der Waals surface area contributed by atoms with E-state index < -0.39 is 0 Å². The van der Waals surface area contributed by atoms with Crippen molar-refractivity contribution >= 4 is 5.57 Å². The van der Waals surface area contributed by atoms with Gasteiger partial charge in [-0.15, -0.1) is 0 Å². The summed E-state index contributed by atoms with van der Waals surface area (Å²) < 4.78 is 0. The van der Waals surface area contributed by atoms with Crippen molar-refractivity contribution in [1.29, 1.82) is 0 Å². The zero-order chi connectivity index (χ0) is 12.8. The fourth-order valence-corrected chi connectivity index (χ4v) is 2.23. The Morgan fingerprint density at radius 1 is 1.18 bits per heavy atom. The lowest BCUT2D eigenvalue weighted by atomic mass is 9.91. The molecule has 0 atom stereocenters. The minimum absolute atomic E-state index is 1.14. The SMILES string of the molecule is C=C(C)/C(CCCC)=C(\C)c1ccccc1C. The average molecular weight is 228 g/mol. The number of aryl methyl sites for hydroxylation is 1. The molecule has 0 fully saturated rings. The van der Waals surface area contributed by atoms with Crippen molar-refractivity contribution in [3.8, 4) is 0 Å². The Morgan fingerprint density at radius 3 is 2.35 bits per heavy atom. The molecule has 0 N–H and O–H groups in total. The lowest BCUT2D eigenvalue weighted by molar-refractivity contribution is 0.792. The predicted molar refractivity (Wildman–Crippen MR) is 78.1 cm³/mol. The number of allylic oxidation sites excluding steroid dienone is 3. The smallest absolute Gasteiger partial charge is 0.0195 e. The molecule has 0 unspecified atom stereocenters. The van der Waals surface area contributed by atoms with Crippen LogP contribution >= 0.6 is 0 Å². The van der Waals surface area contributed by atoms with Crippen molar-refractivity contribution in [3.63, 3.8) is 0 Å². The molecule has 17 heavy (non-hydrogen) atoms. The summed E-state index contributed by atoms with van der Waals surface area (Å²) >= 11 is 0. The minimum Gasteiger partial charge on any atom is -0.0958 e. The lowest BCUT2D eigenvalue weighted by Gasteiger charge is -2.14. The first kappa shape index (κ1) is 13.8. The van der Waals surface area contributed by atoms with Crippen LogP contribution in [0.1, 0.15) is 51.2 Å². The summed E-state index contributed by atoms with van der Waals surface area (Å²) in [4.78, 5) is 0. The topological polar surface area (TPSA) is 0 Å². The van der Waals surface area contributed by atoms with Gasteiger partial charge in [-0.1, -0.05) is 49.8 Å². The van der Waals surface area contributed by atoms with Crippen molar-refractivity contribution in [1.82, 2.24) is 0 Å². The molecule has 0 amide bonds. The first-order valence-corrected chi connectivity index (χ1v) is 6.49. The van der Waals surface area contributed by atoms with Crippen molar-refractivity contribution in [3.05, 3.63) is 53.1 Å². The normalized spacial score (nSPS) is 12.2. The summed E-state index contributed by atoms with van der Waals surface area (Å²) in [6.07, 6.45) is 3.62. The molecule has 0 heteroatoms. The molecule has 0 aromatic heterocycles. The molecule has 0 bridgehead atoms. The second-order valence-electron chi connectivity index (χ2n) is 4.80. The second kappa shape index (κ2) is 6.44. The fraction of sp³-hybridized carbons (Fsp3) is 0.412. The Kier molecular flexibility index (Phi) is 5.21. The zero-order valence-electron chi connectivity index (χ0n) is 11.6. The molecule has 0 aliphatic heterocycles. The van der Waals surface area contributed by atoms with Gasteiger partial charge in [-0.05, 0) is 55.9 Å². The van der Waals surface area contributed by atoms with E-state index in [1.807, 2.05) is 0 Å². The highest BCUT2D eigenvalue weighted by Gasteiger charge is 2.07. The van der Waals surface area contributed by atoms with E-state index in [0.717, 1.165) is 6.42 Å². The standard InChI is InChI=1S/C17H24/c1-6-7-11-16(13(2)3)15(5)17-12-9-8-10-14(17)4/h8-10,12H,2,6-7,11H2,1,3-5H3/b16-15+. The van der Waals surface area contributed by atoms with Gasteiger partial charge >= 0.3 is 0 Å². The Hall–Kier alpha value is -1.30. The van der Waals surface area contributed by atoms with E-state index in [1.165, 1.54) is 40.7 Å². The predicted octanol–water partition coefficient (Wildman–Crippen LogP) is 5.53. The number of unbranched alkanes of at least 4 members (excludes halogenated alkanes) is 1. The maximum absolute atomic E-state index is 4.13. The van der Waals surface area contributed by atoms with E-state index >= 15 is 0 Å². The Bertz CT molecular complexity index is 421. The van der Waals surface area contributed by atoms with Gasteiger partial charge in [0.05, 0.1) is 0 Å². The van der Waals surface area contributed by atoms with Crippen LogP contribution in [0.4, 0.5) is 0 Å². The van der Waals surface area contributed by atoms with Gasteiger partial charge in [0.15, 0.2) is 0 Å². The van der Waals surface area contributed by atoms with Crippen molar-refractivity contribution < 1.29 is 0 Å². The molecular formula is C17H24. The first-order valence-electron chi connectivity index (χ1n) is 6.49. The van der Waals surface area contributed by atoms with Gasteiger partial charge in [-0.3, -0.25) is 0 Å². The molecular weight excluding hydrogens is 204 g/mol. The molecule has 0 saturated carbocycles. The van der Waals surface area contributed by atoms with Gasteiger partial charge < -0.3 is 0 Å². The van der Waals surface area contributed by atoms with E-state index in [0.29, 0.717) is 0 Å². The van der Waals surface area contributed by atoms with Crippen LogP contribution in [-0.4, -0.2) is 0 Å². The van der Waals surface area contributed by atoms with Gasteiger partial charge in [0.1, 0.15) is 0 Å². The molecule has 1 aromatic rings. The molecule has 1 aromatic carbocycles. The Labute approximate surface area is 106 Å². The van der Waals surface area contributed by atoms with Crippen LogP contribution in [0.25, 0.3) is 5.57 Å². The zero-order valence-corrected chi connectivity index (χ0v) is 11.6. The van der Waals surface area contributed by atoms with Crippen molar-refractivity contribution in [2.24, 2.45) is 0 Å². The quantitative estimate of drug-likeness (QED) is 0.581. The Morgan fingerprint density at radius 2 is 1.82 bits per heavy atom. The molecule has 0 saturated heterocycles. The maximum atomic E-state index is 4.13.